The number of rotatable bonds is 50. The first-order valence-corrected chi connectivity index (χ1v) is 35.4. The van der Waals surface area contributed by atoms with Gasteiger partial charge in [0.05, 0.1) is 61.0 Å². The number of ether oxygens (including phenoxy) is 6. The Morgan fingerprint density at radius 3 is 1.20 bits per heavy atom. The van der Waals surface area contributed by atoms with Crippen LogP contribution in [0, 0.1) is 0 Å². The number of nitrogens with zero attached hydrogens (tertiary/aromatic N) is 3. The Morgan fingerprint density at radius 2 is 0.767 bits per heavy atom. The third-order valence-electron chi connectivity index (χ3n) is 16.6. The minimum absolute atomic E-state index is 0.0321. The highest BCUT2D eigenvalue weighted by Crippen LogP contribution is 2.41. The molecule has 0 saturated heterocycles. The largest absolute Gasteiger partial charge is 0.507 e. The van der Waals surface area contributed by atoms with Crippen LogP contribution in [0.4, 0.5) is 5.69 Å². The molecule has 90 heavy (non-hydrogen) atoms. The summed E-state index contributed by atoms with van der Waals surface area (Å²) in [5.41, 5.74) is 4.87. The van der Waals surface area contributed by atoms with E-state index < -0.39 is 5.97 Å². The summed E-state index contributed by atoms with van der Waals surface area (Å²) in [6.45, 7) is 14.2. The third-order valence-corrected chi connectivity index (χ3v) is 16.6. The zero-order chi connectivity index (χ0) is 63.6. The molecule has 12 nitrogen and oxygen atoms in total. The number of hydrogen-bond acceptors (Lipinski definition) is 12. The number of fused-ring (bicyclic) bond motifs is 1. The maximum atomic E-state index is 14.0. The molecule has 1 aromatic heterocycles. The minimum atomic E-state index is -0.633. The van der Waals surface area contributed by atoms with Crippen molar-refractivity contribution in [3.05, 3.63) is 102 Å². The van der Waals surface area contributed by atoms with Gasteiger partial charge in [-0.1, -0.05) is 221 Å². The summed E-state index contributed by atoms with van der Waals surface area (Å²) in [6, 6.07) is 26.9. The van der Waals surface area contributed by atoms with Crippen LogP contribution in [0.3, 0.4) is 0 Å². The van der Waals surface area contributed by atoms with Crippen molar-refractivity contribution in [2.45, 2.75) is 253 Å². The van der Waals surface area contributed by atoms with Gasteiger partial charge in [-0.2, -0.15) is 0 Å². The third kappa shape index (κ3) is 26.6. The summed E-state index contributed by atoms with van der Waals surface area (Å²) in [5, 5.41) is 21.9. The van der Waals surface area contributed by atoms with E-state index in [9.17, 15) is 15.0 Å². The molecule has 0 saturated carbocycles. The van der Waals surface area contributed by atoms with E-state index in [4.69, 9.17) is 38.4 Å². The van der Waals surface area contributed by atoms with Gasteiger partial charge in [0, 0.05) is 35.0 Å². The highest BCUT2D eigenvalue weighted by Gasteiger charge is 2.21. The van der Waals surface area contributed by atoms with Crippen LogP contribution in [0.25, 0.3) is 33.5 Å². The lowest BCUT2D eigenvalue weighted by atomic mass is 10.0. The predicted octanol–water partition coefficient (Wildman–Crippen LogP) is 22.6. The fourth-order valence-corrected chi connectivity index (χ4v) is 11.1. The highest BCUT2D eigenvalue weighted by molar-refractivity contribution is 5.96. The van der Waals surface area contributed by atoms with Crippen LogP contribution in [-0.2, 0) is 0 Å². The summed E-state index contributed by atoms with van der Waals surface area (Å²) in [4.78, 5) is 29.1. The van der Waals surface area contributed by atoms with Crippen LogP contribution in [0.15, 0.2) is 96.0 Å². The van der Waals surface area contributed by atoms with Gasteiger partial charge in [0.1, 0.15) is 28.7 Å². The highest BCUT2D eigenvalue weighted by atomic mass is 16.5. The van der Waals surface area contributed by atoms with Crippen LogP contribution >= 0.6 is 0 Å². The molecular formula is C78H111N3O9. The number of aromatic nitrogens is 2. The number of carbonyl (C=O) groups is 1. The number of phenols is 2. The first-order valence-electron chi connectivity index (χ1n) is 35.4. The van der Waals surface area contributed by atoms with Gasteiger partial charge in [0.15, 0.2) is 23.0 Å². The van der Waals surface area contributed by atoms with E-state index >= 15 is 0 Å². The molecule has 0 aliphatic heterocycles. The summed E-state index contributed by atoms with van der Waals surface area (Å²) in [7, 11) is 0. The molecule has 0 aliphatic rings. The fourth-order valence-electron chi connectivity index (χ4n) is 11.1. The van der Waals surface area contributed by atoms with Gasteiger partial charge in [0.25, 0.3) is 0 Å². The van der Waals surface area contributed by atoms with Gasteiger partial charge in [-0.05, 0) is 111 Å². The molecule has 1 heterocycles. The maximum Gasteiger partial charge on any atom is 0.343 e. The SMILES string of the molecule is CCCCCCCCCCCCOc1ccc(N=Cc2ccc(OC(=O)c3ccc4nc(-c5ccc(OCCCCCCCC)c(OCCCCCCCC)c5)c(-c5ccc(OCCCCCCCC)c(OCCCCCCCC)c5)nc4c3)cc2O)c(O)c1. The molecule has 0 radical (unpaired) electrons. The van der Waals surface area contributed by atoms with E-state index in [1.807, 2.05) is 36.4 Å². The van der Waals surface area contributed by atoms with E-state index in [1.54, 1.807) is 48.5 Å². The van der Waals surface area contributed by atoms with E-state index in [0.717, 1.165) is 75.3 Å². The number of aromatic hydroxyl groups is 2. The second-order valence-electron chi connectivity index (χ2n) is 24.5. The molecule has 6 rings (SSSR count). The summed E-state index contributed by atoms with van der Waals surface area (Å²) in [6.07, 6.45) is 41.8. The van der Waals surface area contributed by atoms with Crippen molar-refractivity contribution in [2.75, 3.05) is 33.0 Å². The average Bonchev–Trinajstić information content (AvgIpc) is 0.930. The average molecular weight is 1230 g/mol. The smallest absolute Gasteiger partial charge is 0.343 e. The van der Waals surface area contributed by atoms with Crippen LogP contribution in [0.2, 0.25) is 0 Å². The molecule has 0 aliphatic carbocycles. The van der Waals surface area contributed by atoms with E-state index in [2.05, 4.69) is 39.6 Å². The van der Waals surface area contributed by atoms with E-state index in [0.29, 0.717) is 95.5 Å². The fraction of sp³-hybridized carbons (Fsp3) is 0.564. The van der Waals surface area contributed by atoms with Crippen molar-refractivity contribution in [2.24, 2.45) is 4.99 Å². The first-order chi connectivity index (χ1) is 44.2. The van der Waals surface area contributed by atoms with Crippen LogP contribution in [0.5, 0.6) is 46.0 Å². The molecule has 2 N–H and O–H groups in total. The summed E-state index contributed by atoms with van der Waals surface area (Å²) in [5.74, 6) is 2.66. The summed E-state index contributed by atoms with van der Waals surface area (Å²) >= 11 is 0. The zero-order valence-electron chi connectivity index (χ0n) is 55.9. The molecule has 5 aromatic carbocycles. The molecular weight excluding hydrogens is 1120 g/mol. The van der Waals surface area contributed by atoms with E-state index in [-0.39, 0.29) is 22.8 Å². The van der Waals surface area contributed by atoms with Gasteiger partial charge in [-0.15, -0.1) is 0 Å². The normalized spacial score (nSPS) is 11.4. The number of benzene rings is 5. The van der Waals surface area contributed by atoms with Gasteiger partial charge < -0.3 is 38.6 Å². The van der Waals surface area contributed by atoms with Gasteiger partial charge in [-0.25, -0.2) is 14.8 Å². The van der Waals surface area contributed by atoms with Crippen molar-refractivity contribution in [1.29, 1.82) is 0 Å². The number of phenolic OH excluding ortho intramolecular Hbond substituents is 2. The van der Waals surface area contributed by atoms with Crippen LogP contribution < -0.4 is 28.4 Å². The van der Waals surface area contributed by atoms with Crippen molar-refractivity contribution >= 4 is 28.9 Å². The second-order valence-corrected chi connectivity index (χ2v) is 24.5. The van der Waals surface area contributed by atoms with Crippen LogP contribution in [-0.4, -0.2) is 65.4 Å². The van der Waals surface area contributed by atoms with Crippen molar-refractivity contribution in [3.8, 4) is 68.5 Å². The zero-order valence-corrected chi connectivity index (χ0v) is 55.9. The number of hydrogen-bond donors (Lipinski definition) is 2. The van der Waals surface area contributed by atoms with Gasteiger partial charge >= 0.3 is 5.97 Å². The molecule has 492 valence electrons. The molecule has 0 fully saturated rings. The van der Waals surface area contributed by atoms with Crippen molar-refractivity contribution < 1.29 is 43.4 Å². The van der Waals surface area contributed by atoms with Crippen molar-refractivity contribution in [1.82, 2.24) is 9.97 Å². The van der Waals surface area contributed by atoms with Gasteiger partial charge in [-0.3, -0.25) is 4.99 Å². The molecule has 12 heteroatoms. The summed E-state index contributed by atoms with van der Waals surface area (Å²) < 4.78 is 38.0. The topological polar surface area (TPSA) is 151 Å². The number of carbonyl (C=O) groups excluding carboxylic acids is 1. The Hall–Kier alpha value is -6.82. The molecule has 0 atom stereocenters. The Bertz CT molecular complexity index is 3000. The Kier molecular flexibility index (Phi) is 35.2. The van der Waals surface area contributed by atoms with Crippen molar-refractivity contribution in [3.63, 3.8) is 0 Å². The molecule has 0 spiro atoms. The Balaban J connectivity index is 1.24. The number of esters is 1. The molecule has 0 bridgehead atoms. The Labute approximate surface area is 541 Å². The predicted molar refractivity (Wildman–Crippen MR) is 372 cm³/mol. The maximum absolute atomic E-state index is 14.0. The first kappa shape index (κ1) is 72.2. The molecule has 6 aromatic rings. The monoisotopic (exact) mass is 1230 g/mol. The lowest BCUT2D eigenvalue weighted by molar-refractivity contribution is 0.0734. The Morgan fingerprint density at radius 1 is 0.378 bits per heavy atom. The van der Waals surface area contributed by atoms with E-state index in [1.165, 1.54) is 166 Å². The number of unbranched alkanes of at least 4 members (excludes halogenated alkanes) is 29. The van der Waals surface area contributed by atoms with Gasteiger partial charge in [0.2, 0.25) is 0 Å². The quantitative estimate of drug-likeness (QED) is 0.0163. The lowest BCUT2D eigenvalue weighted by Gasteiger charge is -2.17. The lowest BCUT2D eigenvalue weighted by Crippen LogP contribution is -2.09. The number of aliphatic imine (C=N–C) groups is 1. The standard InChI is InChI=1S/C78H111N3O9/c1-6-11-16-21-26-27-28-29-34-35-50-85-65-45-47-68(71(83)58-65)79-60-64-40-44-66(59-70(64)82)90-78(84)63-41-46-67-69(55-63)81-77(62-43-49-73(87-52-37-31-23-18-13-8-3)75(57-62)89-54-39-33-25-20-15-10-5)76(80-67)61-42-48-72(86-51-36-30-22-17-12-7-2)74(56-61)88-53-38-32-24-19-14-9-4/h40-49,55-60,82-83H,6-39,50-54H2,1-5H3. The second kappa shape index (κ2) is 43.8. The molecule has 0 amide bonds. The minimum Gasteiger partial charge on any atom is -0.507 e. The molecule has 0 unspecified atom stereocenters. The van der Waals surface area contributed by atoms with Crippen LogP contribution in [0.1, 0.15) is 269 Å².